The van der Waals surface area contributed by atoms with Crippen molar-refractivity contribution in [1.82, 2.24) is 0 Å². The maximum absolute atomic E-state index is 13.8. The van der Waals surface area contributed by atoms with E-state index in [1.54, 1.807) is 61.5 Å². The van der Waals surface area contributed by atoms with Crippen molar-refractivity contribution >= 4 is 27.3 Å². The van der Waals surface area contributed by atoms with Crippen molar-refractivity contribution in [3.05, 3.63) is 66.2 Å². The highest BCUT2D eigenvalue weighted by atomic mass is 32.2. The van der Waals surface area contributed by atoms with Crippen molar-refractivity contribution in [2.75, 3.05) is 44.6 Å². The number of ether oxygens (including phenoxy) is 4. The lowest BCUT2D eigenvalue weighted by atomic mass is 10.2. The fourth-order valence-corrected chi connectivity index (χ4v) is 5.09. The zero-order valence-electron chi connectivity index (χ0n) is 20.2. The molecule has 1 N–H and O–H groups in total. The van der Waals surface area contributed by atoms with Crippen LogP contribution in [0.4, 0.5) is 11.4 Å². The number of carbonyl (C=O) groups is 1. The normalized spacial score (nSPS) is 10.9. The molecule has 35 heavy (non-hydrogen) atoms. The molecule has 0 heterocycles. The topological polar surface area (TPSA) is 103 Å². The Balaban J connectivity index is 2.01. The highest BCUT2D eigenvalue weighted by molar-refractivity contribution is 7.93. The smallest absolute Gasteiger partial charge is 0.268 e. The van der Waals surface area contributed by atoms with E-state index in [9.17, 15) is 13.2 Å². The minimum absolute atomic E-state index is 0.0539. The molecule has 0 aromatic heterocycles. The summed E-state index contributed by atoms with van der Waals surface area (Å²) < 4.78 is 49.7. The molecule has 3 aromatic carbocycles. The van der Waals surface area contributed by atoms with Crippen LogP contribution in [0.5, 0.6) is 23.0 Å². The molecule has 3 aromatic rings. The number of sulfonamides is 1. The van der Waals surface area contributed by atoms with Crippen LogP contribution in [-0.4, -0.2) is 49.3 Å². The number of aryl methyl sites for hydroxylation is 1. The van der Waals surface area contributed by atoms with Gasteiger partial charge in [-0.3, -0.25) is 9.10 Å². The third-order valence-electron chi connectivity index (χ3n) is 5.18. The monoisotopic (exact) mass is 500 g/mol. The van der Waals surface area contributed by atoms with Crippen LogP contribution in [0.25, 0.3) is 0 Å². The molecule has 0 aliphatic heterocycles. The SMILES string of the molecule is COc1cccc(N(CC(=O)Nc2ccc(OC)c(OC)c2)S(=O)(=O)c2cc(C)ccc2OC)c1. The summed E-state index contributed by atoms with van der Waals surface area (Å²) >= 11 is 0. The van der Waals surface area contributed by atoms with Crippen molar-refractivity contribution in [3.63, 3.8) is 0 Å². The van der Waals surface area contributed by atoms with Gasteiger partial charge >= 0.3 is 0 Å². The van der Waals surface area contributed by atoms with Crippen molar-refractivity contribution < 1.29 is 32.2 Å². The van der Waals surface area contributed by atoms with E-state index in [1.165, 1.54) is 34.5 Å². The van der Waals surface area contributed by atoms with Crippen LogP contribution in [-0.2, 0) is 14.8 Å². The number of anilines is 2. The van der Waals surface area contributed by atoms with Crippen molar-refractivity contribution in [1.29, 1.82) is 0 Å². The average molecular weight is 501 g/mol. The molecule has 0 aliphatic carbocycles. The Kier molecular flexibility index (Phi) is 8.08. The Morgan fingerprint density at radius 3 is 2.17 bits per heavy atom. The first-order valence-electron chi connectivity index (χ1n) is 10.6. The molecule has 0 radical (unpaired) electrons. The van der Waals surface area contributed by atoms with E-state index in [-0.39, 0.29) is 16.3 Å². The number of hydrogen-bond acceptors (Lipinski definition) is 7. The second-order valence-electron chi connectivity index (χ2n) is 7.49. The standard InChI is InChI=1S/C25H28N2O7S/c1-17-9-11-22(33-4)24(13-17)35(29,30)27(19-7-6-8-20(15-19)31-2)16-25(28)26-18-10-12-21(32-3)23(14-18)34-5/h6-15H,16H2,1-5H3,(H,26,28). The summed E-state index contributed by atoms with van der Waals surface area (Å²) in [5.41, 5.74) is 1.41. The van der Waals surface area contributed by atoms with Gasteiger partial charge in [-0.05, 0) is 48.9 Å². The Hall–Kier alpha value is -3.92. The summed E-state index contributed by atoms with van der Waals surface area (Å²) in [5, 5.41) is 2.72. The maximum Gasteiger partial charge on any atom is 0.268 e. The van der Waals surface area contributed by atoms with Crippen molar-refractivity contribution in [2.24, 2.45) is 0 Å². The molecule has 0 unspecified atom stereocenters. The first-order valence-corrected chi connectivity index (χ1v) is 12.0. The predicted molar refractivity (Wildman–Crippen MR) is 133 cm³/mol. The number of carbonyl (C=O) groups excluding carboxylic acids is 1. The molecule has 10 heteroatoms. The molecule has 0 saturated heterocycles. The van der Waals surface area contributed by atoms with Gasteiger partial charge in [-0.15, -0.1) is 0 Å². The molecule has 0 atom stereocenters. The van der Waals surface area contributed by atoms with Crippen molar-refractivity contribution in [3.8, 4) is 23.0 Å². The van der Waals surface area contributed by atoms with E-state index >= 15 is 0 Å². The van der Waals surface area contributed by atoms with E-state index in [0.717, 1.165) is 9.87 Å². The summed E-state index contributed by atoms with van der Waals surface area (Å²) in [6.45, 7) is 1.28. The summed E-state index contributed by atoms with van der Waals surface area (Å²) in [7, 11) is 1.65. The Morgan fingerprint density at radius 2 is 1.51 bits per heavy atom. The van der Waals surface area contributed by atoms with Gasteiger partial charge in [-0.2, -0.15) is 0 Å². The lowest BCUT2D eigenvalue weighted by Crippen LogP contribution is -2.38. The average Bonchev–Trinajstić information content (AvgIpc) is 2.87. The molecule has 0 fully saturated rings. The summed E-state index contributed by atoms with van der Waals surface area (Å²) in [6, 6.07) is 16.2. The fraction of sp³-hybridized carbons (Fsp3) is 0.240. The highest BCUT2D eigenvalue weighted by Gasteiger charge is 2.30. The highest BCUT2D eigenvalue weighted by Crippen LogP contribution is 2.33. The molecule has 0 saturated carbocycles. The molecule has 9 nitrogen and oxygen atoms in total. The second kappa shape index (κ2) is 11.0. The van der Waals surface area contributed by atoms with E-state index < -0.39 is 22.5 Å². The number of benzene rings is 3. The van der Waals surface area contributed by atoms with Crippen LogP contribution in [0, 0.1) is 6.92 Å². The van der Waals surface area contributed by atoms with Crippen LogP contribution in [0.2, 0.25) is 0 Å². The largest absolute Gasteiger partial charge is 0.497 e. The van der Waals surface area contributed by atoms with Gasteiger partial charge in [0.2, 0.25) is 5.91 Å². The van der Waals surface area contributed by atoms with Gasteiger partial charge < -0.3 is 24.3 Å². The van der Waals surface area contributed by atoms with Crippen LogP contribution < -0.4 is 28.6 Å². The molecule has 0 aliphatic rings. The molecule has 0 spiro atoms. The van der Waals surface area contributed by atoms with Crippen LogP contribution >= 0.6 is 0 Å². The Morgan fingerprint density at radius 1 is 0.829 bits per heavy atom. The molecule has 0 bridgehead atoms. The maximum atomic E-state index is 13.8. The number of amides is 1. The summed E-state index contributed by atoms with van der Waals surface area (Å²) in [5.74, 6) is 0.975. The van der Waals surface area contributed by atoms with Gasteiger partial charge in [0.25, 0.3) is 10.0 Å². The molecule has 3 rings (SSSR count). The van der Waals surface area contributed by atoms with Crippen LogP contribution in [0.15, 0.2) is 65.6 Å². The lowest BCUT2D eigenvalue weighted by Gasteiger charge is -2.25. The minimum atomic E-state index is -4.21. The number of nitrogens with one attached hydrogen (secondary N) is 1. The third kappa shape index (κ3) is 5.78. The van der Waals surface area contributed by atoms with Gasteiger partial charge in [-0.25, -0.2) is 8.42 Å². The fourth-order valence-electron chi connectivity index (χ4n) is 3.43. The van der Waals surface area contributed by atoms with E-state index in [0.29, 0.717) is 22.9 Å². The number of hydrogen-bond donors (Lipinski definition) is 1. The molecular weight excluding hydrogens is 472 g/mol. The Bertz CT molecular complexity index is 1310. The van der Waals surface area contributed by atoms with Crippen molar-refractivity contribution in [2.45, 2.75) is 11.8 Å². The van der Waals surface area contributed by atoms with Gasteiger partial charge in [-0.1, -0.05) is 12.1 Å². The van der Waals surface area contributed by atoms with Crippen LogP contribution in [0.3, 0.4) is 0 Å². The quantitative estimate of drug-likeness (QED) is 0.451. The number of methoxy groups -OCH3 is 4. The van der Waals surface area contributed by atoms with E-state index in [2.05, 4.69) is 5.32 Å². The molecule has 186 valence electrons. The van der Waals surface area contributed by atoms with Crippen LogP contribution in [0.1, 0.15) is 5.56 Å². The van der Waals surface area contributed by atoms with Gasteiger partial charge in [0.15, 0.2) is 11.5 Å². The number of rotatable bonds is 10. The second-order valence-corrected chi connectivity index (χ2v) is 9.32. The van der Waals surface area contributed by atoms with Gasteiger partial charge in [0.1, 0.15) is 22.9 Å². The molecule has 1 amide bonds. The minimum Gasteiger partial charge on any atom is -0.497 e. The third-order valence-corrected chi connectivity index (χ3v) is 6.98. The van der Waals surface area contributed by atoms with Gasteiger partial charge in [0.05, 0.1) is 34.1 Å². The summed E-state index contributed by atoms with van der Waals surface area (Å²) in [6.07, 6.45) is 0. The first-order chi connectivity index (χ1) is 16.7. The first kappa shape index (κ1) is 25.7. The zero-order chi connectivity index (χ0) is 25.6. The Labute approximate surface area is 205 Å². The molecular formula is C25H28N2O7S. The lowest BCUT2D eigenvalue weighted by molar-refractivity contribution is -0.114. The summed E-state index contributed by atoms with van der Waals surface area (Å²) in [4.78, 5) is 13.0. The van der Waals surface area contributed by atoms with E-state index in [1.807, 2.05) is 0 Å². The van der Waals surface area contributed by atoms with Gasteiger partial charge in [0, 0.05) is 17.8 Å². The number of nitrogens with zero attached hydrogens (tertiary/aromatic N) is 1. The zero-order valence-corrected chi connectivity index (χ0v) is 21.0. The van der Waals surface area contributed by atoms with E-state index in [4.69, 9.17) is 18.9 Å². The predicted octanol–water partition coefficient (Wildman–Crippen LogP) is 3.86.